The first kappa shape index (κ1) is 23.0. The van der Waals surface area contributed by atoms with E-state index in [1.165, 1.54) is 6.20 Å². The standard InChI is InChI=1S/C22H28Cl2N6O2/c1-2-5-26-20(24)17(10-25)29-21-27-11-14-8-15(23)18(9-16(14)28-21)30-6-3-22(4-7-30)13-32-12-19(22)31/h8-11,19,31H,2-7,12-13,25H2,1H3,(H,27,28,29)/b17-10+,26-20?. The normalized spacial score (nSPS) is 21.5. The molecule has 3 heterocycles. The second kappa shape index (κ2) is 9.79. The smallest absolute Gasteiger partial charge is 0.227 e. The quantitative estimate of drug-likeness (QED) is 0.544. The predicted molar refractivity (Wildman–Crippen MR) is 130 cm³/mol. The minimum absolute atomic E-state index is 0.136. The first-order chi connectivity index (χ1) is 15.5. The van der Waals surface area contributed by atoms with Crippen molar-refractivity contribution in [1.82, 2.24) is 9.97 Å². The topological polar surface area (TPSA) is 109 Å². The Morgan fingerprint density at radius 3 is 2.88 bits per heavy atom. The number of hydrogen-bond acceptors (Lipinski definition) is 8. The van der Waals surface area contributed by atoms with Crippen LogP contribution in [0.2, 0.25) is 5.02 Å². The van der Waals surface area contributed by atoms with Crippen LogP contribution in [0.4, 0.5) is 11.6 Å². The van der Waals surface area contributed by atoms with Gasteiger partial charge in [-0.2, -0.15) is 0 Å². The highest BCUT2D eigenvalue weighted by Gasteiger charge is 2.45. The van der Waals surface area contributed by atoms with Gasteiger partial charge in [-0.15, -0.1) is 0 Å². The van der Waals surface area contributed by atoms with E-state index >= 15 is 0 Å². The van der Waals surface area contributed by atoms with E-state index in [0.29, 0.717) is 36.4 Å². The molecule has 2 saturated heterocycles. The number of aliphatic imine (C=N–C) groups is 1. The van der Waals surface area contributed by atoms with Crippen LogP contribution in [0.5, 0.6) is 0 Å². The van der Waals surface area contributed by atoms with Crippen LogP contribution < -0.4 is 16.0 Å². The molecule has 0 aliphatic carbocycles. The molecule has 8 nitrogen and oxygen atoms in total. The molecule has 2 aliphatic rings. The highest BCUT2D eigenvalue weighted by atomic mass is 35.5. The molecular formula is C22H28Cl2N6O2. The van der Waals surface area contributed by atoms with Crippen molar-refractivity contribution < 1.29 is 9.84 Å². The zero-order valence-electron chi connectivity index (χ0n) is 18.0. The Labute approximate surface area is 197 Å². The molecule has 0 amide bonds. The maximum absolute atomic E-state index is 10.3. The number of ether oxygens (including phenoxy) is 1. The number of nitrogens with zero attached hydrogens (tertiary/aromatic N) is 4. The van der Waals surface area contributed by atoms with E-state index in [4.69, 9.17) is 33.7 Å². The molecule has 0 bridgehead atoms. The van der Waals surface area contributed by atoms with Gasteiger partial charge in [-0.3, -0.25) is 4.99 Å². The zero-order valence-corrected chi connectivity index (χ0v) is 19.5. The van der Waals surface area contributed by atoms with E-state index in [9.17, 15) is 5.11 Å². The maximum Gasteiger partial charge on any atom is 0.227 e. The van der Waals surface area contributed by atoms with E-state index < -0.39 is 6.10 Å². The molecule has 1 atom stereocenters. The summed E-state index contributed by atoms with van der Waals surface area (Å²) in [5.74, 6) is 0.371. The molecule has 32 heavy (non-hydrogen) atoms. The van der Waals surface area contributed by atoms with Gasteiger partial charge in [-0.1, -0.05) is 30.1 Å². The monoisotopic (exact) mass is 478 g/mol. The van der Waals surface area contributed by atoms with E-state index in [-0.39, 0.29) is 10.6 Å². The molecule has 2 aromatic rings. The summed E-state index contributed by atoms with van der Waals surface area (Å²) >= 11 is 12.8. The average molecular weight is 479 g/mol. The summed E-state index contributed by atoms with van der Waals surface area (Å²) in [4.78, 5) is 15.5. The molecule has 1 spiro atoms. The van der Waals surface area contributed by atoms with Crippen molar-refractivity contribution in [2.45, 2.75) is 32.3 Å². The Morgan fingerprint density at radius 1 is 1.44 bits per heavy atom. The third kappa shape index (κ3) is 4.64. The average Bonchev–Trinajstić information content (AvgIpc) is 3.15. The molecule has 10 heteroatoms. The summed E-state index contributed by atoms with van der Waals surface area (Å²) in [5, 5.41) is 15.2. The van der Waals surface area contributed by atoms with E-state index in [1.807, 2.05) is 19.1 Å². The lowest BCUT2D eigenvalue weighted by Gasteiger charge is -2.41. The number of aliphatic hydroxyl groups is 1. The highest BCUT2D eigenvalue weighted by molar-refractivity contribution is 6.69. The number of allylic oxidation sites excluding steroid dienone is 1. The van der Waals surface area contributed by atoms with Crippen LogP contribution in [0.3, 0.4) is 0 Å². The highest BCUT2D eigenvalue weighted by Crippen LogP contribution is 2.42. The molecule has 4 rings (SSSR count). The van der Waals surface area contributed by atoms with Gasteiger partial charge >= 0.3 is 0 Å². The summed E-state index contributed by atoms with van der Waals surface area (Å²) in [7, 11) is 0. The predicted octanol–water partition coefficient (Wildman–Crippen LogP) is 3.52. The number of fused-ring (bicyclic) bond motifs is 1. The Balaban J connectivity index is 1.55. The lowest BCUT2D eigenvalue weighted by atomic mass is 9.76. The molecule has 1 unspecified atom stereocenters. The summed E-state index contributed by atoms with van der Waals surface area (Å²) in [6.45, 7) is 5.27. The number of nitrogens with two attached hydrogens (primary N) is 1. The molecule has 1 aromatic heterocycles. The van der Waals surface area contributed by atoms with Crippen molar-refractivity contribution in [2.24, 2.45) is 16.1 Å². The van der Waals surface area contributed by atoms with Crippen LogP contribution in [0.15, 0.2) is 35.2 Å². The fourth-order valence-corrected chi connectivity index (χ4v) is 4.72. The van der Waals surface area contributed by atoms with Gasteiger partial charge < -0.3 is 25.8 Å². The molecule has 172 valence electrons. The SMILES string of the molecule is CCCN=C(Cl)/C(=C\N)Nc1ncc2cc(Cl)c(N3CCC4(CC3)COCC4O)cc2n1. The summed E-state index contributed by atoms with van der Waals surface area (Å²) in [5.41, 5.74) is 7.70. The van der Waals surface area contributed by atoms with Gasteiger partial charge in [0.05, 0.1) is 41.2 Å². The van der Waals surface area contributed by atoms with E-state index in [0.717, 1.165) is 48.9 Å². The van der Waals surface area contributed by atoms with Gasteiger partial charge in [-0.05, 0) is 31.4 Å². The lowest BCUT2D eigenvalue weighted by Crippen LogP contribution is -2.46. The molecule has 2 aliphatic heterocycles. The van der Waals surface area contributed by atoms with Crippen LogP contribution in [0, 0.1) is 5.41 Å². The van der Waals surface area contributed by atoms with Crippen LogP contribution in [-0.2, 0) is 4.74 Å². The van der Waals surface area contributed by atoms with E-state index in [1.54, 1.807) is 6.20 Å². The van der Waals surface area contributed by atoms with Crippen molar-refractivity contribution >= 4 is 50.9 Å². The third-order valence-corrected chi connectivity index (χ3v) is 6.86. The molecular weight excluding hydrogens is 451 g/mol. The fraction of sp³-hybridized carbons (Fsp3) is 0.500. The van der Waals surface area contributed by atoms with Gasteiger partial charge in [0.1, 0.15) is 5.17 Å². The molecule has 2 fully saturated rings. The lowest BCUT2D eigenvalue weighted by molar-refractivity contribution is 0.0495. The second-order valence-corrected chi connectivity index (χ2v) is 9.08. The first-order valence-electron chi connectivity index (χ1n) is 10.8. The number of aliphatic hydroxyl groups excluding tert-OH is 1. The number of benzene rings is 1. The molecule has 0 saturated carbocycles. The number of anilines is 2. The maximum atomic E-state index is 10.3. The number of halogens is 2. The Kier molecular flexibility index (Phi) is 7.05. The van der Waals surface area contributed by atoms with Crippen molar-refractivity contribution in [3.8, 4) is 0 Å². The van der Waals surface area contributed by atoms with Gasteiger partial charge in [0.2, 0.25) is 5.95 Å². The van der Waals surface area contributed by atoms with Gasteiger partial charge in [0.15, 0.2) is 0 Å². The Morgan fingerprint density at radius 2 is 2.22 bits per heavy atom. The van der Waals surface area contributed by atoms with Crippen molar-refractivity contribution in [1.29, 1.82) is 0 Å². The van der Waals surface area contributed by atoms with Crippen LogP contribution in [0.25, 0.3) is 10.9 Å². The fourth-order valence-electron chi connectivity index (χ4n) is 4.24. The molecule has 0 radical (unpaired) electrons. The van der Waals surface area contributed by atoms with Gasteiger partial charge in [-0.25, -0.2) is 9.97 Å². The van der Waals surface area contributed by atoms with Crippen molar-refractivity contribution in [3.05, 3.63) is 35.2 Å². The second-order valence-electron chi connectivity index (χ2n) is 8.31. The summed E-state index contributed by atoms with van der Waals surface area (Å²) < 4.78 is 5.52. The Hall–Kier alpha value is -2.13. The minimum Gasteiger partial charge on any atom is -0.403 e. The Bertz CT molecular complexity index is 1040. The minimum atomic E-state index is -0.393. The number of rotatable bonds is 6. The number of nitrogens with one attached hydrogen (secondary N) is 1. The van der Waals surface area contributed by atoms with Gasteiger partial charge in [0.25, 0.3) is 0 Å². The largest absolute Gasteiger partial charge is 0.403 e. The number of piperidine rings is 1. The van der Waals surface area contributed by atoms with Crippen LogP contribution in [0.1, 0.15) is 26.2 Å². The molecule has 4 N–H and O–H groups in total. The summed E-state index contributed by atoms with van der Waals surface area (Å²) in [6, 6.07) is 3.85. The third-order valence-electron chi connectivity index (χ3n) is 6.23. The first-order valence-corrected chi connectivity index (χ1v) is 11.6. The van der Waals surface area contributed by atoms with Crippen LogP contribution >= 0.6 is 23.2 Å². The van der Waals surface area contributed by atoms with Crippen LogP contribution in [-0.4, -0.2) is 59.2 Å². The zero-order chi connectivity index (χ0) is 22.7. The summed E-state index contributed by atoms with van der Waals surface area (Å²) in [6.07, 6.45) is 5.28. The van der Waals surface area contributed by atoms with Crippen molar-refractivity contribution in [3.63, 3.8) is 0 Å². The number of hydrogen-bond donors (Lipinski definition) is 3. The number of aromatic nitrogens is 2. The van der Waals surface area contributed by atoms with Crippen molar-refractivity contribution in [2.75, 3.05) is 43.1 Å². The van der Waals surface area contributed by atoms with E-state index in [2.05, 4.69) is 25.2 Å². The molecule has 1 aromatic carbocycles. The van der Waals surface area contributed by atoms with Gasteiger partial charge in [0, 0.05) is 42.8 Å².